The molecule has 2 fully saturated rings. The normalized spacial score (nSPS) is 22.7. The van der Waals surface area contributed by atoms with Crippen molar-refractivity contribution in [1.82, 2.24) is 0 Å². The summed E-state index contributed by atoms with van der Waals surface area (Å²) < 4.78 is 5.45. The van der Waals surface area contributed by atoms with Gasteiger partial charge in [0.25, 0.3) is 0 Å². The Hall–Kier alpha value is -2.24. The second kappa shape index (κ2) is 10.2. The van der Waals surface area contributed by atoms with Crippen LogP contribution in [-0.2, 0) is 4.74 Å². The number of nitrogens with zero attached hydrogens (tertiary/aromatic N) is 2. The van der Waals surface area contributed by atoms with E-state index in [9.17, 15) is 5.21 Å². The molecule has 6 heteroatoms. The van der Waals surface area contributed by atoms with Crippen molar-refractivity contribution in [1.29, 1.82) is 0 Å². The summed E-state index contributed by atoms with van der Waals surface area (Å²) in [6.45, 7) is 3.58. The number of hydrogen-bond acceptors (Lipinski definition) is 4. The average Bonchev–Trinajstić information content (AvgIpc) is 2.80. The second-order valence-electron chi connectivity index (χ2n) is 8.29. The third kappa shape index (κ3) is 5.46. The van der Waals surface area contributed by atoms with E-state index in [0.29, 0.717) is 22.7 Å². The topological polar surface area (TPSA) is 57.1 Å². The fourth-order valence-corrected chi connectivity index (χ4v) is 4.79. The Morgan fingerprint density at radius 3 is 2.47 bits per heavy atom. The minimum Gasteiger partial charge on any atom is -0.409 e. The van der Waals surface area contributed by atoms with Crippen molar-refractivity contribution in [2.45, 2.75) is 38.0 Å². The van der Waals surface area contributed by atoms with Crippen LogP contribution >= 0.6 is 11.6 Å². The molecule has 5 nitrogen and oxygen atoms in total. The van der Waals surface area contributed by atoms with Crippen molar-refractivity contribution in [3.05, 3.63) is 59.1 Å². The first-order valence-corrected chi connectivity index (χ1v) is 11.3. The first-order chi connectivity index (χ1) is 14.7. The molecule has 30 heavy (non-hydrogen) atoms. The van der Waals surface area contributed by atoms with E-state index >= 15 is 0 Å². The van der Waals surface area contributed by atoms with Crippen LogP contribution in [0.5, 0.6) is 0 Å². The number of nitrogens with one attached hydrogen (secondary N) is 1. The Morgan fingerprint density at radius 1 is 1.07 bits per heavy atom. The van der Waals surface area contributed by atoms with Crippen molar-refractivity contribution in [2.75, 3.05) is 36.5 Å². The highest BCUT2D eigenvalue weighted by Crippen LogP contribution is 2.38. The molecule has 1 saturated carbocycles. The Morgan fingerprint density at radius 2 is 1.80 bits per heavy atom. The lowest BCUT2D eigenvalue weighted by Gasteiger charge is -2.31. The molecule has 0 bridgehead atoms. The SMILES string of the molecule is ON=C(C[C@H]1CC[C@H](c2ccc(N3CCOCC3)cc2)CC1)Nc1cccc(Cl)c1. The number of amidine groups is 1. The maximum atomic E-state index is 9.43. The Labute approximate surface area is 183 Å². The van der Waals surface area contributed by atoms with Crippen LogP contribution in [0.3, 0.4) is 0 Å². The van der Waals surface area contributed by atoms with Gasteiger partial charge in [0, 0.05) is 35.9 Å². The zero-order valence-corrected chi connectivity index (χ0v) is 18.0. The number of anilines is 2. The summed E-state index contributed by atoms with van der Waals surface area (Å²) in [7, 11) is 0. The van der Waals surface area contributed by atoms with Crippen LogP contribution in [0.2, 0.25) is 5.02 Å². The Balaban J connectivity index is 1.28. The molecule has 1 aliphatic heterocycles. The number of halogens is 1. The summed E-state index contributed by atoms with van der Waals surface area (Å²) in [6, 6.07) is 16.6. The van der Waals surface area contributed by atoms with Gasteiger partial charge in [-0.15, -0.1) is 0 Å². The van der Waals surface area contributed by atoms with Crippen LogP contribution < -0.4 is 10.2 Å². The van der Waals surface area contributed by atoms with Crippen molar-refractivity contribution >= 4 is 28.8 Å². The summed E-state index contributed by atoms with van der Waals surface area (Å²) in [5.74, 6) is 1.76. The van der Waals surface area contributed by atoms with Gasteiger partial charge in [-0.25, -0.2) is 0 Å². The summed E-state index contributed by atoms with van der Waals surface area (Å²) in [4.78, 5) is 2.40. The van der Waals surface area contributed by atoms with Crippen LogP contribution in [-0.4, -0.2) is 37.3 Å². The first-order valence-electron chi connectivity index (χ1n) is 10.9. The van der Waals surface area contributed by atoms with Gasteiger partial charge in [-0.3, -0.25) is 0 Å². The molecule has 0 spiro atoms. The highest BCUT2D eigenvalue weighted by atomic mass is 35.5. The minimum absolute atomic E-state index is 0.534. The molecular weight excluding hydrogens is 398 g/mol. The molecular formula is C24H30ClN3O2. The fraction of sp³-hybridized carbons (Fsp3) is 0.458. The van der Waals surface area contributed by atoms with Gasteiger partial charge >= 0.3 is 0 Å². The molecule has 1 saturated heterocycles. The fourth-order valence-electron chi connectivity index (χ4n) is 4.60. The lowest BCUT2D eigenvalue weighted by Crippen LogP contribution is -2.36. The van der Waals surface area contributed by atoms with E-state index in [-0.39, 0.29) is 0 Å². The smallest absolute Gasteiger partial charge is 0.146 e. The molecule has 0 radical (unpaired) electrons. The standard InChI is InChI=1S/C24H30ClN3O2/c25-21-2-1-3-22(17-21)26-24(27-29)16-18-4-6-19(7-5-18)20-8-10-23(11-9-20)28-12-14-30-15-13-28/h1-3,8-11,17-19,29H,4-7,12-16H2,(H,26,27)/t18-,19-. The largest absolute Gasteiger partial charge is 0.409 e. The van der Waals surface area contributed by atoms with Gasteiger partial charge < -0.3 is 20.2 Å². The van der Waals surface area contributed by atoms with Crippen LogP contribution in [0.1, 0.15) is 43.6 Å². The van der Waals surface area contributed by atoms with Gasteiger partial charge in [0.15, 0.2) is 0 Å². The highest BCUT2D eigenvalue weighted by Gasteiger charge is 2.24. The summed E-state index contributed by atoms with van der Waals surface area (Å²) >= 11 is 6.04. The van der Waals surface area contributed by atoms with Gasteiger partial charge in [0.2, 0.25) is 0 Å². The number of morpholine rings is 1. The predicted octanol–water partition coefficient (Wildman–Crippen LogP) is 5.74. The third-order valence-corrected chi connectivity index (χ3v) is 6.54. The molecule has 0 aromatic heterocycles. The van der Waals surface area contributed by atoms with E-state index in [4.69, 9.17) is 16.3 Å². The average molecular weight is 428 g/mol. The number of rotatable bonds is 5. The zero-order chi connectivity index (χ0) is 20.8. The number of benzene rings is 2. The molecule has 2 aromatic rings. The van der Waals surface area contributed by atoms with Crippen LogP contribution in [0.25, 0.3) is 0 Å². The van der Waals surface area contributed by atoms with Gasteiger partial charge in [-0.1, -0.05) is 35.0 Å². The van der Waals surface area contributed by atoms with E-state index in [2.05, 4.69) is 39.6 Å². The Kier molecular flexibility index (Phi) is 7.13. The molecule has 2 N–H and O–H groups in total. The van der Waals surface area contributed by atoms with Gasteiger partial charge in [-0.05, 0) is 73.4 Å². The molecule has 0 atom stereocenters. The first kappa shape index (κ1) is 21.0. The van der Waals surface area contributed by atoms with Crippen molar-refractivity contribution in [3.63, 3.8) is 0 Å². The maximum absolute atomic E-state index is 9.43. The Bertz CT molecular complexity index is 842. The monoisotopic (exact) mass is 427 g/mol. The summed E-state index contributed by atoms with van der Waals surface area (Å²) in [6.07, 6.45) is 5.40. The summed E-state index contributed by atoms with van der Waals surface area (Å²) in [5, 5.41) is 16.8. The molecule has 0 amide bonds. The van der Waals surface area contributed by atoms with Crippen LogP contribution in [0, 0.1) is 5.92 Å². The quantitative estimate of drug-likeness (QED) is 0.276. The molecule has 160 valence electrons. The van der Waals surface area contributed by atoms with E-state index in [1.165, 1.54) is 24.1 Å². The van der Waals surface area contributed by atoms with Gasteiger partial charge in [0.1, 0.15) is 5.84 Å². The molecule has 2 aliphatic rings. The molecule has 2 aromatic carbocycles. The predicted molar refractivity (Wildman–Crippen MR) is 123 cm³/mol. The molecule has 0 unspecified atom stereocenters. The minimum atomic E-state index is 0.534. The number of oxime groups is 1. The van der Waals surface area contributed by atoms with E-state index in [1.54, 1.807) is 0 Å². The lowest BCUT2D eigenvalue weighted by molar-refractivity contribution is 0.122. The van der Waals surface area contributed by atoms with E-state index in [1.807, 2.05) is 24.3 Å². The summed E-state index contributed by atoms with van der Waals surface area (Å²) in [5.41, 5.74) is 3.59. The van der Waals surface area contributed by atoms with Gasteiger partial charge in [-0.2, -0.15) is 0 Å². The lowest BCUT2D eigenvalue weighted by atomic mass is 9.77. The van der Waals surface area contributed by atoms with Crippen LogP contribution in [0.4, 0.5) is 11.4 Å². The van der Waals surface area contributed by atoms with Gasteiger partial charge in [0.05, 0.1) is 13.2 Å². The van der Waals surface area contributed by atoms with Crippen molar-refractivity contribution in [2.24, 2.45) is 11.1 Å². The zero-order valence-electron chi connectivity index (χ0n) is 17.3. The maximum Gasteiger partial charge on any atom is 0.146 e. The second-order valence-corrected chi connectivity index (χ2v) is 8.73. The number of ether oxygens (including phenoxy) is 1. The van der Waals surface area contributed by atoms with Crippen LogP contribution in [0.15, 0.2) is 53.7 Å². The van der Waals surface area contributed by atoms with E-state index < -0.39 is 0 Å². The molecule has 4 rings (SSSR count). The highest BCUT2D eigenvalue weighted by molar-refractivity contribution is 6.30. The molecule has 1 heterocycles. The molecule has 1 aliphatic carbocycles. The van der Waals surface area contributed by atoms with Crippen molar-refractivity contribution < 1.29 is 9.94 Å². The number of hydrogen-bond donors (Lipinski definition) is 2. The third-order valence-electron chi connectivity index (χ3n) is 6.30. The van der Waals surface area contributed by atoms with E-state index in [0.717, 1.165) is 51.3 Å². The van der Waals surface area contributed by atoms with Crippen molar-refractivity contribution in [3.8, 4) is 0 Å².